The average molecular weight is 576 g/mol. The summed E-state index contributed by atoms with van der Waals surface area (Å²) in [6, 6.07) is 6.37. The fraction of sp³-hybridized carbons (Fsp3) is 0.346. The van der Waals surface area contributed by atoms with Crippen LogP contribution in [-0.4, -0.2) is 49.4 Å². The third-order valence-corrected chi connectivity index (χ3v) is 9.65. The summed E-state index contributed by atoms with van der Waals surface area (Å²) in [6.07, 6.45) is 1.39. The Kier molecular flexibility index (Phi) is 5.59. The average Bonchev–Trinajstić information content (AvgIpc) is 3.51. The van der Waals surface area contributed by atoms with E-state index in [9.17, 15) is 33.5 Å². The Hall–Kier alpha value is -3.54. The molecular weight excluding hydrogens is 556 g/mol. The summed E-state index contributed by atoms with van der Waals surface area (Å²) in [6.45, 7) is -0.462. The number of carbonyl (C=O) groups excluding carboxylic acids is 5. The molecule has 39 heavy (non-hydrogen) atoms. The van der Waals surface area contributed by atoms with Gasteiger partial charge in [0, 0.05) is 0 Å². The van der Waals surface area contributed by atoms with Crippen molar-refractivity contribution in [3.63, 3.8) is 0 Å². The minimum Gasteiger partial charge on any atom is -0.463 e. The minimum absolute atomic E-state index is 0.0388. The lowest BCUT2D eigenvalue weighted by Gasteiger charge is -2.49. The molecule has 0 spiro atoms. The first kappa shape index (κ1) is 25.7. The Morgan fingerprint density at radius 2 is 1.74 bits per heavy atom. The normalized spacial score (nSPS) is 33.7. The van der Waals surface area contributed by atoms with Gasteiger partial charge in [-0.05, 0) is 55.2 Å². The highest BCUT2D eigenvalue weighted by Gasteiger charge is 2.77. The highest BCUT2D eigenvalue weighted by atomic mass is 35.5. The molecule has 1 saturated carbocycles. The number of alkyl halides is 2. The second-order valence-corrected chi connectivity index (χ2v) is 11.3. The molecule has 2 aromatic rings. The number of hydrogen-bond acceptors (Lipinski definition) is 7. The number of primary amides is 1. The van der Waals surface area contributed by atoms with E-state index in [4.69, 9.17) is 33.4 Å². The van der Waals surface area contributed by atoms with Crippen molar-refractivity contribution in [2.75, 3.05) is 4.90 Å². The lowest BCUT2D eigenvalue weighted by Crippen LogP contribution is -2.60. The van der Waals surface area contributed by atoms with Crippen LogP contribution in [0.2, 0.25) is 0 Å². The number of amides is 6. The number of furan rings is 1. The van der Waals surface area contributed by atoms with E-state index in [0.29, 0.717) is 10.5 Å². The van der Waals surface area contributed by atoms with Gasteiger partial charge in [0.1, 0.15) is 23.9 Å². The SMILES string of the molecule is NC(=O)N1C(=O)C2CC=C3C(CC4(Cl)C(=O)N(c5ccc(F)cc5)C(=O)C4(Cl)C3c3ccc(CO)o3)C2C1=O. The van der Waals surface area contributed by atoms with Gasteiger partial charge in [0.25, 0.3) is 11.8 Å². The summed E-state index contributed by atoms with van der Waals surface area (Å²) in [5.74, 6) is -7.75. The first-order valence-electron chi connectivity index (χ1n) is 12.0. The molecule has 2 saturated heterocycles. The van der Waals surface area contributed by atoms with Gasteiger partial charge in [-0.25, -0.2) is 14.1 Å². The van der Waals surface area contributed by atoms with Crippen molar-refractivity contribution >= 4 is 58.5 Å². The number of halogens is 3. The zero-order valence-electron chi connectivity index (χ0n) is 20.0. The van der Waals surface area contributed by atoms with Crippen molar-refractivity contribution in [1.82, 2.24) is 4.90 Å². The number of nitrogens with zero attached hydrogens (tertiary/aromatic N) is 2. The van der Waals surface area contributed by atoms with Crippen molar-refractivity contribution in [3.8, 4) is 0 Å². The van der Waals surface area contributed by atoms with Crippen molar-refractivity contribution in [2.24, 2.45) is 23.5 Å². The van der Waals surface area contributed by atoms with Crippen LogP contribution in [0.3, 0.4) is 0 Å². The van der Waals surface area contributed by atoms with Crippen LogP contribution >= 0.6 is 23.2 Å². The van der Waals surface area contributed by atoms with Gasteiger partial charge in [0.15, 0.2) is 9.75 Å². The molecule has 6 atom stereocenters. The lowest BCUT2D eigenvalue weighted by atomic mass is 9.57. The zero-order chi connectivity index (χ0) is 28.0. The Labute approximate surface area is 230 Å². The zero-order valence-corrected chi connectivity index (χ0v) is 21.5. The number of urea groups is 1. The number of fused-ring (bicyclic) bond motifs is 4. The van der Waals surface area contributed by atoms with Crippen LogP contribution in [-0.2, 0) is 25.8 Å². The number of benzene rings is 1. The molecule has 3 heterocycles. The van der Waals surface area contributed by atoms with Gasteiger partial charge < -0.3 is 15.3 Å². The summed E-state index contributed by atoms with van der Waals surface area (Å²) >= 11 is 14.3. The molecule has 6 amide bonds. The number of aliphatic hydroxyl groups excluding tert-OH is 1. The maximum atomic E-state index is 14.1. The number of carbonyl (C=O) groups is 5. The molecule has 13 heteroatoms. The second-order valence-electron chi connectivity index (χ2n) is 10.1. The van der Waals surface area contributed by atoms with Gasteiger partial charge in [-0.1, -0.05) is 11.6 Å². The van der Waals surface area contributed by atoms with Crippen molar-refractivity contribution in [3.05, 3.63) is 65.4 Å². The van der Waals surface area contributed by atoms with Crippen LogP contribution in [0.1, 0.15) is 30.3 Å². The summed E-state index contributed by atoms with van der Waals surface area (Å²) in [7, 11) is 0. The summed E-state index contributed by atoms with van der Waals surface area (Å²) in [5, 5.41) is 9.60. The first-order chi connectivity index (χ1) is 18.5. The highest BCUT2D eigenvalue weighted by molar-refractivity contribution is 6.58. The molecule has 6 unspecified atom stereocenters. The Morgan fingerprint density at radius 1 is 1.05 bits per heavy atom. The van der Waals surface area contributed by atoms with E-state index in [1.807, 2.05) is 0 Å². The number of imide groups is 4. The highest BCUT2D eigenvalue weighted by Crippen LogP contribution is 2.65. The Bertz CT molecular complexity index is 1510. The van der Waals surface area contributed by atoms with Gasteiger partial charge in [-0.2, -0.15) is 4.90 Å². The standard InChI is InChI=1S/C26H20Cl2FN3O7/c27-25-9-16-14(6-7-15-18(16)21(35)32(20(15)34)24(30)38)19(17-8-5-13(10-33)39-17)26(25,28)23(37)31(22(25)36)12-3-1-11(29)2-4-12/h1-6,8,15-16,18-19,33H,7,9-10H2,(H2,30,38). The van der Waals surface area contributed by atoms with Gasteiger partial charge in [-0.15, -0.1) is 23.2 Å². The van der Waals surface area contributed by atoms with Crippen LogP contribution in [0.15, 0.2) is 52.5 Å². The summed E-state index contributed by atoms with van der Waals surface area (Å²) in [5.41, 5.74) is 5.79. The molecule has 0 bridgehead atoms. The van der Waals surface area contributed by atoms with Crippen LogP contribution in [0, 0.1) is 23.6 Å². The number of anilines is 1. The van der Waals surface area contributed by atoms with E-state index in [0.717, 1.165) is 17.0 Å². The van der Waals surface area contributed by atoms with Crippen molar-refractivity contribution in [1.29, 1.82) is 0 Å². The van der Waals surface area contributed by atoms with Gasteiger partial charge in [0.05, 0.1) is 23.4 Å². The van der Waals surface area contributed by atoms with Crippen LogP contribution in [0.5, 0.6) is 0 Å². The molecule has 2 aliphatic carbocycles. The van der Waals surface area contributed by atoms with Gasteiger partial charge in [-0.3, -0.25) is 19.2 Å². The number of rotatable bonds is 3. The lowest BCUT2D eigenvalue weighted by molar-refractivity contribution is -0.136. The quantitative estimate of drug-likeness (QED) is 0.324. The molecule has 4 aliphatic rings. The molecule has 2 aliphatic heterocycles. The molecular formula is C26H20Cl2FN3O7. The first-order valence-corrected chi connectivity index (χ1v) is 12.8. The number of likely N-dealkylation sites (tertiary alicyclic amines) is 1. The third kappa shape index (κ3) is 3.20. The predicted octanol–water partition coefficient (Wildman–Crippen LogP) is 2.55. The number of allylic oxidation sites excluding steroid dienone is 2. The van der Waals surface area contributed by atoms with E-state index in [1.54, 1.807) is 6.08 Å². The number of nitrogens with two attached hydrogens (primary N) is 1. The Morgan fingerprint density at radius 3 is 2.36 bits per heavy atom. The van der Waals surface area contributed by atoms with Crippen molar-refractivity contribution in [2.45, 2.75) is 35.1 Å². The smallest absolute Gasteiger partial charge is 0.328 e. The molecule has 3 N–H and O–H groups in total. The number of hydrogen-bond donors (Lipinski definition) is 2. The topological polar surface area (TPSA) is 151 Å². The third-order valence-electron chi connectivity index (χ3n) is 8.24. The minimum atomic E-state index is -2.16. The molecule has 202 valence electrons. The molecule has 1 aromatic carbocycles. The maximum absolute atomic E-state index is 14.1. The molecule has 6 rings (SSSR count). The second kappa shape index (κ2) is 8.48. The van der Waals surface area contributed by atoms with E-state index >= 15 is 0 Å². The van der Waals surface area contributed by atoms with E-state index in [-0.39, 0.29) is 30.0 Å². The maximum Gasteiger partial charge on any atom is 0.328 e. The van der Waals surface area contributed by atoms with E-state index in [2.05, 4.69) is 0 Å². The fourth-order valence-corrected chi connectivity index (χ4v) is 7.48. The van der Waals surface area contributed by atoms with Crippen molar-refractivity contribution < 1.29 is 37.9 Å². The molecule has 1 aromatic heterocycles. The molecule has 3 fully saturated rings. The van der Waals surface area contributed by atoms with Crippen LogP contribution in [0.4, 0.5) is 14.9 Å². The summed E-state index contributed by atoms with van der Waals surface area (Å²) in [4.78, 5) is 63.1. The molecule has 10 nitrogen and oxygen atoms in total. The van der Waals surface area contributed by atoms with Crippen LogP contribution < -0.4 is 10.6 Å². The fourth-order valence-electron chi connectivity index (χ4n) is 6.56. The van der Waals surface area contributed by atoms with E-state index in [1.165, 1.54) is 24.3 Å². The Balaban J connectivity index is 1.55. The van der Waals surface area contributed by atoms with Gasteiger partial charge >= 0.3 is 6.03 Å². The van der Waals surface area contributed by atoms with Gasteiger partial charge in [0.2, 0.25) is 11.8 Å². The number of aliphatic hydroxyl groups is 1. The monoisotopic (exact) mass is 575 g/mol. The largest absolute Gasteiger partial charge is 0.463 e. The summed E-state index contributed by atoms with van der Waals surface area (Å²) < 4.78 is 19.4. The van der Waals surface area contributed by atoms with Crippen LogP contribution in [0.25, 0.3) is 0 Å². The van der Waals surface area contributed by atoms with E-state index < -0.39 is 75.5 Å². The predicted molar refractivity (Wildman–Crippen MR) is 133 cm³/mol. The molecule has 0 radical (unpaired) electrons.